The van der Waals surface area contributed by atoms with Gasteiger partial charge in [0.25, 0.3) is 5.91 Å². The third kappa shape index (κ3) is 3.74. The third-order valence-electron chi connectivity index (χ3n) is 3.82. The number of aryl methyl sites for hydroxylation is 1. The number of carbonyl (C=O) groups is 2. The summed E-state index contributed by atoms with van der Waals surface area (Å²) in [4.78, 5) is 25.8. The Hall–Kier alpha value is -2.04. The maximum Gasteiger partial charge on any atom is 0.342 e. The molecule has 1 saturated heterocycles. The summed E-state index contributed by atoms with van der Waals surface area (Å²) in [5.41, 5.74) is 0.935. The monoisotopic (exact) mass is 291 g/mol. The lowest BCUT2D eigenvalue weighted by molar-refractivity contribution is -0.137. The molecule has 1 aromatic carbocycles. The Bertz CT molecular complexity index is 541. The fourth-order valence-electron chi connectivity index (χ4n) is 2.57. The van der Waals surface area contributed by atoms with Crippen molar-refractivity contribution in [2.45, 2.75) is 39.2 Å². The van der Waals surface area contributed by atoms with Crippen LogP contribution in [0.4, 0.5) is 0 Å². The molecule has 0 spiro atoms. The Labute approximate surface area is 124 Å². The van der Waals surface area contributed by atoms with Gasteiger partial charge in [-0.2, -0.15) is 0 Å². The van der Waals surface area contributed by atoms with E-state index in [9.17, 15) is 14.7 Å². The van der Waals surface area contributed by atoms with Crippen molar-refractivity contribution in [3.63, 3.8) is 0 Å². The number of ether oxygens (including phenoxy) is 1. The van der Waals surface area contributed by atoms with Crippen molar-refractivity contribution < 1.29 is 19.4 Å². The summed E-state index contributed by atoms with van der Waals surface area (Å²) in [5, 5.41) is 9.67. The summed E-state index contributed by atoms with van der Waals surface area (Å²) >= 11 is 0. The molecule has 5 nitrogen and oxygen atoms in total. The van der Waals surface area contributed by atoms with Crippen molar-refractivity contribution in [2.24, 2.45) is 0 Å². The first kappa shape index (κ1) is 15.4. The van der Waals surface area contributed by atoms with Gasteiger partial charge in [-0.05, 0) is 45.2 Å². The number of benzene rings is 1. The van der Waals surface area contributed by atoms with Crippen molar-refractivity contribution in [1.82, 2.24) is 4.90 Å². The van der Waals surface area contributed by atoms with Gasteiger partial charge in [0.15, 0.2) is 6.61 Å². The highest BCUT2D eigenvalue weighted by Gasteiger charge is 2.24. The lowest BCUT2D eigenvalue weighted by Gasteiger charge is -2.33. The zero-order valence-electron chi connectivity index (χ0n) is 12.5. The molecule has 0 aromatic heterocycles. The van der Waals surface area contributed by atoms with E-state index >= 15 is 0 Å². The highest BCUT2D eigenvalue weighted by molar-refractivity contribution is 5.94. The van der Waals surface area contributed by atoms with E-state index in [-0.39, 0.29) is 29.9 Å². The second-order valence-corrected chi connectivity index (χ2v) is 5.53. The molecule has 0 radical (unpaired) electrons. The van der Waals surface area contributed by atoms with Crippen molar-refractivity contribution in [3.8, 4) is 5.75 Å². The standard InChI is InChI=1S/C16H21NO4/c1-11-6-7-14(18)13(9-11)16(20)21-10-15(19)17-8-4-3-5-12(17)2/h6-7,9,12,18H,3-5,8,10H2,1-2H3. The summed E-state index contributed by atoms with van der Waals surface area (Å²) in [6, 6.07) is 4.89. The number of piperidine rings is 1. The molecule has 1 aliphatic rings. The minimum Gasteiger partial charge on any atom is -0.507 e. The number of phenols is 1. The van der Waals surface area contributed by atoms with E-state index in [1.54, 1.807) is 17.0 Å². The Morgan fingerprint density at radius 3 is 2.86 bits per heavy atom. The maximum atomic E-state index is 12.1. The second kappa shape index (κ2) is 6.61. The Morgan fingerprint density at radius 2 is 2.14 bits per heavy atom. The van der Waals surface area contributed by atoms with Crippen molar-refractivity contribution in [1.29, 1.82) is 0 Å². The van der Waals surface area contributed by atoms with E-state index < -0.39 is 5.97 Å². The molecule has 1 atom stereocenters. The summed E-state index contributed by atoms with van der Waals surface area (Å²) in [7, 11) is 0. The van der Waals surface area contributed by atoms with Gasteiger partial charge >= 0.3 is 5.97 Å². The predicted octanol–water partition coefficient (Wildman–Crippen LogP) is 2.26. The van der Waals surface area contributed by atoms with Gasteiger partial charge < -0.3 is 14.7 Å². The molecule has 1 aromatic rings. The lowest BCUT2D eigenvalue weighted by atomic mass is 10.0. The molecule has 0 bridgehead atoms. The molecule has 1 N–H and O–H groups in total. The van der Waals surface area contributed by atoms with E-state index in [1.165, 1.54) is 6.07 Å². The lowest BCUT2D eigenvalue weighted by Crippen LogP contribution is -2.44. The molecule has 0 saturated carbocycles. The van der Waals surface area contributed by atoms with Crippen LogP contribution in [0, 0.1) is 6.92 Å². The topological polar surface area (TPSA) is 66.8 Å². The number of aromatic hydroxyl groups is 1. The van der Waals surface area contributed by atoms with Crippen LogP contribution >= 0.6 is 0 Å². The van der Waals surface area contributed by atoms with Crippen LogP contribution in [0.2, 0.25) is 0 Å². The number of phenolic OH excluding ortho intramolecular Hbond substituents is 1. The minimum atomic E-state index is -0.672. The summed E-state index contributed by atoms with van der Waals surface area (Å²) < 4.78 is 5.04. The molecule has 1 amide bonds. The molecular formula is C16H21NO4. The van der Waals surface area contributed by atoms with Gasteiger partial charge in [-0.1, -0.05) is 11.6 Å². The quantitative estimate of drug-likeness (QED) is 0.867. The number of likely N-dealkylation sites (tertiary alicyclic amines) is 1. The molecule has 1 unspecified atom stereocenters. The van der Waals surface area contributed by atoms with Crippen LogP contribution in [0.1, 0.15) is 42.1 Å². The van der Waals surface area contributed by atoms with Crippen LogP contribution in [0.15, 0.2) is 18.2 Å². The summed E-state index contributed by atoms with van der Waals surface area (Å²) in [5.74, 6) is -0.985. The Kier molecular flexibility index (Phi) is 4.83. The molecule has 0 aliphatic carbocycles. The minimum absolute atomic E-state index is 0.0921. The van der Waals surface area contributed by atoms with Crippen LogP contribution in [0.5, 0.6) is 5.75 Å². The van der Waals surface area contributed by atoms with E-state index in [0.29, 0.717) is 6.54 Å². The molecular weight excluding hydrogens is 270 g/mol. The number of nitrogens with zero attached hydrogens (tertiary/aromatic N) is 1. The number of hydrogen-bond donors (Lipinski definition) is 1. The number of esters is 1. The molecule has 1 fully saturated rings. The highest BCUT2D eigenvalue weighted by atomic mass is 16.5. The Balaban J connectivity index is 1.94. The van der Waals surface area contributed by atoms with Crippen LogP contribution < -0.4 is 0 Å². The van der Waals surface area contributed by atoms with Gasteiger partial charge in [-0.15, -0.1) is 0 Å². The first-order valence-electron chi connectivity index (χ1n) is 7.25. The molecule has 5 heteroatoms. The molecule has 21 heavy (non-hydrogen) atoms. The number of hydrogen-bond acceptors (Lipinski definition) is 4. The van der Waals surface area contributed by atoms with Crippen LogP contribution in [0.25, 0.3) is 0 Å². The maximum absolute atomic E-state index is 12.1. The Morgan fingerprint density at radius 1 is 1.38 bits per heavy atom. The summed E-state index contributed by atoms with van der Waals surface area (Å²) in [6.07, 6.45) is 3.10. The van der Waals surface area contributed by atoms with Gasteiger partial charge in [0.1, 0.15) is 11.3 Å². The van der Waals surface area contributed by atoms with Gasteiger partial charge in [0.05, 0.1) is 0 Å². The van der Waals surface area contributed by atoms with Gasteiger partial charge in [-0.3, -0.25) is 4.79 Å². The number of rotatable bonds is 3. The average Bonchev–Trinajstić information content (AvgIpc) is 2.47. The normalized spacial score (nSPS) is 18.4. The van der Waals surface area contributed by atoms with Crippen molar-refractivity contribution in [3.05, 3.63) is 29.3 Å². The predicted molar refractivity (Wildman–Crippen MR) is 78.2 cm³/mol. The van der Waals surface area contributed by atoms with Gasteiger partial charge in [0, 0.05) is 12.6 Å². The molecule has 1 heterocycles. The van der Waals surface area contributed by atoms with Gasteiger partial charge in [0.2, 0.25) is 0 Å². The smallest absolute Gasteiger partial charge is 0.342 e. The SMILES string of the molecule is Cc1ccc(O)c(C(=O)OCC(=O)N2CCCCC2C)c1. The zero-order chi connectivity index (χ0) is 15.4. The average molecular weight is 291 g/mol. The van der Waals surface area contributed by atoms with Crippen LogP contribution in [-0.4, -0.2) is 41.1 Å². The fraction of sp³-hybridized carbons (Fsp3) is 0.500. The highest BCUT2D eigenvalue weighted by Crippen LogP contribution is 2.20. The number of amides is 1. The van der Waals surface area contributed by atoms with E-state index in [2.05, 4.69) is 0 Å². The van der Waals surface area contributed by atoms with Crippen LogP contribution in [0.3, 0.4) is 0 Å². The number of carbonyl (C=O) groups excluding carboxylic acids is 2. The first-order valence-corrected chi connectivity index (χ1v) is 7.25. The second-order valence-electron chi connectivity index (χ2n) is 5.53. The van der Waals surface area contributed by atoms with E-state index in [4.69, 9.17) is 4.74 Å². The summed E-state index contributed by atoms with van der Waals surface area (Å²) in [6.45, 7) is 4.26. The zero-order valence-corrected chi connectivity index (χ0v) is 12.5. The molecule has 2 rings (SSSR count). The fourth-order valence-corrected chi connectivity index (χ4v) is 2.57. The van der Waals surface area contributed by atoms with E-state index in [1.807, 2.05) is 13.8 Å². The first-order chi connectivity index (χ1) is 9.99. The molecule has 114 valence electrons. The van der Waals surface area contributed by atoms with E-state index in [0.717, 1.165) is 24.8 Å². The third-order valence-corrected chi connectivity index (χ3v) is 3.82. The molecule has 1 aliphatic heterocycles. The van der Waals surface area contributed by atoms with Crippen LogP contribution in [-0.2, 0) is 9.53 Å². The van der Waals surface area contributed by atoms with Crippen molar-refractivity contribution in [2.75, 3.05) is 13.2 Å². The van der Waals surface area contributed by atoms with Crippen molar-refractivity contribution >= 4 is 11.9 Å². The largest absolute Gasteiger partial charge is 0.507 e. The van der Waals surface area contributed by atoms with Gasteiger partial charge in [-0.25, -0.2) is 4.79 Å².